The van der Waals surface area contributed by atoms with Gasteiger partial charge in [0.25, 0.3) is 0 Å². The van der Waals surface area contributed by atoms with Crippen LogP contribution in [0.15, 0.2) is 0 Å². The van der Waals surface area contributed by atoms with E-state index in [2.05, 4.69) is 12.2 Å². The van der Waals surface area contributed by atoms with Gasteiger partial charge in [0.2, 0.25) is 0 Å². The molecule has 0 radical (unpaired) electrons. The van der Waals surface area contributed by atoms with E-state index in [4.69, 9.17) is 0 Å². The van der Waals surface area contributed by atoms with Crippen LogP contribution >= 0.6 is 0 Å². The Morgan fingerprint density at radius 2 is 2.08 bits per heavy atom. The third-order valence-corrected chi connectivity index (χ3v) is 3.31. The molecule has 1 aliphatic carbocycles. The number of aliphatic hydroxyl groups is 1. The molecule has 0 spiro atoms. The molecule has 2 heteroatoms. The van der Waals surface area contributed by atoms with Gasteiger partial charge in [-0.15, -0.1) is 0 Å². The van der Waals surface area contributed by atoms with Gasteiger partial charge in [0.15, 0.2) is 0 Å². The Labute approximate surface area is 74.4 Å². The van der Waals surface area contributed by atoms with Crippen LogP contribution in [-0.4, -0.2) is 23.8 Å². The first-order chi connectivity index (χ1) is 5.62. The Bertz CT molecular complexity index is 169. The molecule has 2 aliphatic rings. The van der Waals surface area contributed by atoms with Gasteiger partial charge in [-0.1, -0.05) is 6.92 Å². The van der Waals surface area contributed by atoms with Crippen LogP contribution in [0.25, 0.3) is 0 Å². The largest absolute Gasteiger partial charge is 0.389 e. The topological polar surface area (TPSA) is 32.3 Å². The summed E-state index contributed by atoms with van der Waals surface area (Å²) in [6.07, 6.45) is 5.76. The first-order valence-electron chi connectivity index (χ1n) is 5.05. The molecule has 0 aromatic rings. The molecule has 0 aromatic carbocycles. The van der Waals surface area contributed by atoms with E-state index in [0.29, 0.717) is 5.41 Å². The van der Waals surface area contributed by atoms with Gasteiger partial charge in [-0.05, 0) is 44.1 Å². The highest BCUT2D eigenvalue weighted by molar-refractivity contribution is 4.98. The van der Waals surface area contributed by atoms with Crippen molar-refractivity contribution < 1.29 is 5.11 Å². The first kappa shape index (κ1) is 8.52. The predicted molar refractivity (Wildman–Crippen MR) is 49.0 cm³/mol. The van der Waals surface area contributed by atoms with Crippen molar-refractivity contribution in [3.05, 3.63) is 0 Å². The van der Waals surface area contributed by atoms with E-state index >= 15 is 0 Å². The summed E-state index contributed by atoms with van der Waals surface area (Å²) in [7, 11) is 0. The Balaban J connectivity index is 1.90. The van der Waals surface area contributed by atoms with E-state index in [1.165, 1.54) is 12.8 Å². The number of β-amino-alcohol motifs (C(OH)–C–C–N with tert-alkyl or cyclic N) is 1. The molecule has 1 unspecified atom stereocenters. The SMILES string of the molecule is CC1(CC2(O)CCCNC2)CC1. The van der Waals surface area contributed by atoms with Crippen LogP contribution in [0.2, 0.25) is 0 Å². The van der Waals surface area contributed by atoms with Crippen LogP contribution in [0.3, 0.4) is 0 Å². The lowest BCUT2D eigenvalue weighted by molar-refractivity contribution is -0.00744. The van der Waals surface area contributed by atoms with Gasteiger partial charge < -0.3 is 10.4 Å². The molecule has 70 valence electrons. The number of hydrogen-bond donors (Lipinski definition) is 2. The van der Waals surface area contributed by atoms with Crippen LogP contribution in [0.5, 0.6) is 0 Å². The summed E-state index contributed by atoms with van der Waals surface area (Å²) in [6.45, 7) is 4.18. The van der Waals surface area contributed by atoms with Crippen LogP contribution in [0, 0.1) is 5.41 Å². The van der Waals surface area contributed by atoms with E-state index in [1.54, 1.807) is 0 Å². The average molecular weight is 169 g/mol. The molecular formula is C10H19NO. The summed E-state index contributed by atoms with van der Waals surface area (Å²) in [5, 5.41) is 13.5. The van der Waals surface area contributed by atoms with Gasteiger partial charge in [-0.2, -0.15) is 0 Å². The number of hydrogen-bond acceptors (Lipinski definition) is 2. The number of nitrogens with one attached hydrogen (secondary N) is 1. The summed E-state index contributed by atoms with van der Waals surface area (Å²) < 4.78 is 0. The Morgan fingerprint density at radius 1 is 1.33 bits per heavy atom. The Kier molecular flexibility index (Phi) is 1.92. The van der Waals surface area contributed by atoms with E-state index in [-0.39, 0.29) is 5.60 Å². The maximum Gasteiger partial charge on any atom is 0.0777 e. The highest BCUT2D eigenvalue weighted by Gasteiger charge is 2.44. The molecule has 0 aromatic heterocycles. The second-order valence-corrected chi connectivity index (χ2v) is 4.99. The lowest BCUT2D eigenvalue weighted by Crippen LogP contribution is -2.46. The van der Waals surface area contributed by atoms with Gasteiger partial charge in [0.05, 0.1) is 5.60 Å². The fourth-order valence-electron chi connectivity index (χ4n) is 2.29. The zero-order chi connectivity index (χ0) is 8.66. The molecule has 2 rings (SSSR count). The fourth-order valence-corrected chi connectivity index (χ4v) is 2.29. The molecule has 1 saturated heterocycles. The second-order valence-electron chi connectivity index (χ2n) is 4.99. The Hall–Kier alpha value is -0.0800. The molecule has 0 bridgehead atoms. The minimum Gasteiger partial charge on any atom is -0.389 e. The molecule has 1 saturated carbocycles. The monoisotopic (exact) mass is 169 g/mol. The highest BCUT2D eigenvalue weighted by atomic mass is 16.3. The minimum absolute atomic E-state index is 0.385. The van der Waals surface area contributed by atoms with Crippen molar-refractivity contribution in [1.82, 2.24) is 5.32 Å². The summed E-state index contributed by atoms with van der Waals surface area (Å²) in [5.74, 6) is 0. The van der Waals surface area contributed by atoms with E-state index in [0.717, 1.165) is 32.4 Å². The van der Waals surface area contributed by atoms with Crippen molar-refractivity contribution >= 4 is 0 Å². The first-order valence-corrected chi connectivity index (χ1v) is 5.05. The minimum atomic E-state index is -0.385. The zero-order valence-corrected chi connectivity index (χ0v) is 7.90. The molecular weight excluding hydrogens is 150 g/mol. The van der Waals surface area contributed by atoms with Crippen molar-refractivity contribution in [1.29, 1.82) is 0 Å². The summed E-state index contributed by atoms with van der Waals surface area (Å²) >= 11 is 0. The maximum absolute atomic E-state index is 10.2. The molecule has 12 heavy (non-hydrogen) atoms. The zero-order valence-electron chi connectivity index (χ0n) is 7.90. The lowest BCUT2D eigenvalue weighted by atomic mass is 9.84. The highest BCUT2D eigenvalue weighted by Crippen LogP contribution is 2.51. The number of rotatable bonds is 2. The van der Waals surface area contributed by atoms with Gasteiger partial charge in [0.1, 0.15) is 0 Å². The molecule has 0 amide bonds. The van der Waals surface area contributed by atoms with Crippen molar-refractivity contribution in [2.45, 2.75) is 44.6 Å². The number of piperidine rings is 1. The van der Waals surface area contributed by atoms with Gasteiger partial charge in [0, 0.05) is 6.54 Å². The van der Waals surface area contributed by atoms with Crippen molar-refractivity contribution in [3.8, 4) is 0 Å². The van der Waals surface area contributed by atoms with E-state index in [9.17, 15) is 5.11 Å². The maximum atomic E-state index is 10.2. The van der Waals surface area contributed by atoms with Crippen molar-refractivity contribution in [3.63, 3.8) is 0 Å². The predicted octanol–water partition coefficient (Wildman–Crippen LogP) is 1.29. The van der Waals surface area contributed by atoms with Gasteiger partial charge in [-0.3, -0.25) is 0 Å². The second kappa shape index (κ2) is 2.71. The van der Waals surface area contributed by atoms with Crippen molar-refractivity contribution in [2.24, 2.45) is 5.41 Å². The molecule has 1 heterocycles. The smallest absolute Gasteiger partial charge is 0.0777 e. The molecule has 2 nitrogen and oxygen atoms in total. The average Bonchev–Trinajstić information content (AvgIpc) is 2.67. The normalized spacial score (nSPS) is 39.5. The summed E-state index contributed by atoms with van der Waals surface area (Å²) in [4.78, 5) is 0. The van der Waals surface area contributed by atoms with Gasteiger partial charge in [-0.25, -0.2) is 0 Å². The lowest BCUT2D eigenvalue weighted by Gasteiger charge is -2.34. The van der Waals surface area contributed by atoms with Crippen molar-refractivity contribution in [2.75, 3.05) is 13.1 Å². The van der Waals surface area contributed by atoms with E-state index < -0.39 is 0 Å². The quantitative estimate of drug-likeness (QED) is 0.653. The third-order valence-electron chi connectivity index (χ3n) is 3.31. The Morgan fingerprint density at radius 3 is 2.58 bits per heavy atom. The van der Waals surface area contributed by atoms with Crippen LogP contribution < -0.4 is 5.32 Å². The van der Waals surface area contributed by atoms with Gasteiger partial charge >= 0.3 is 0 Å². The summed E-state index contributed by atoms with van der Waals surface area (Å²) in [6, 6.07) is 0. The van der Waals surface area contributed by atoms with E-state index in [1.807, 2.05) is 0 Å². The van der Waals surface area contributed by atoms with Crippen LogP contribution in [0.1, 0.15) is 39.0 Å². The molecule has 2 fully saturated rings. The molecule has 2 N–H and O–H groups in total. The van der Waals surface area contributed by atoms with Crippen LogP contribution in [0.4, 0.5) is 0 Å². The molecule has 1 atom stereocenters. The van der Waals surface area contributed by atoms with Crippen LogP contribution in [-0.2, 0) is 0 Å². The standard InChI is InChI=1S/C10H19NO/c1-9(4-5-9)7-10(12)3-2-6-11-8-10/h11-12H,2-8H2,1H3. The molecule has 1 aliphatic heterocycles. The fraction of sp³-hybridized carbons (Fsp3) is 1.00. The third kappa shape index (κ3) is 1.80. The summed E-state index contributed by atoms with van der Waals surface area (Å²) in [5.41, 5.74) is 0.0945.